The van der Waals surface area contributed by atoms with Crippen LogP contribution in [0.2, 0.25) is 0 Å². The highest BCUT2D eigenvalue weighted by molar-refractivity contribution is 6.01. The van der Waals surface area contributed by atoms with Gasteiger partial charge in [-0.25, -0.2) is 4.39 Å². The molecule has 1 aliphatic rings. The van der Waals surface area contributed by atoms with Gasteiger partial charge in [0.25, 0.3) is 5.91 Å². The van der Waals surface area contributed by atoms with E-state index in [9.17, 15) is 23.6 Å². The number of ketones is 1. The number of benzene rings is 1. The number of carbonyl (C=O) groups is 4. The number of nitrogens with one attached hydrogen (secondary N) is 3. The van der Waals surface area contributed by atoms with E-state index >= 15 is 0 Å². The van der Waals surface area contributed by atoms with Crippen LogP contribution in [0.25, 0.3) is 10.9 Å². The normalized spacial score (nSPS) is 17.9. The van der Waals surface area contributed by atoms with Gasteiger partial charge in [0.15, 0.2) is 0 Å². The van der Waals surface area contributed by atoms with Gasteiger partial charge < -0.3 is 26.1 Å². The van der Waals surface area contributed by atoms with Crippen LogP contribution in [0.5, 0.6) is 5.75 Å². The summed E-state index contributed by atoms with van der Waals surface area (Å²) in [4.78, 5) is 52.8. The molecule has 1 aromatic carbocycles. The minimum absolute atomic E-state index is 0.0319. The second-order valence-corrected chi connectivity index (χ2v) is 9.31. The molecule has 1 aromatic heterocycles. The molecule has 0 radical (unpaired) electrons. The number of fused-ring (bicyclic) bond motifs is 1. The van der Waals surface area contributed by atoms with Crippen LogP contribution in [0.3, 0.4) is 0 Å². The molecule has 0 saturated heterocycles. The van der Waals surface area contributed by atoms with Gasteiger partial charge >= 0.3 is 0 Å². The molecule has 0 spiro atoms. The third-order valence-corrected chi connectivity index (χ3v) is 6.01. The van der Waals surface area contributed by atoms with Crippen LogP contribution in [-0.4, -0.2) is 53.4 Å². The van der Waals surface area contributed by atoms with Gasteiger partial charge in [-0.2, -0.15) is 0 Å². The molecule has 184 valence electrons. The third-order valence-electron chi connectivity index (χ3n) is 6.01. The number of hydrogen-bond donors (Lipinski definition) is 4. The fourth-order valence-corrected chi connectivity index (χ4v) is 4.30. The molecule has 3 rings (SSSR count). The number of aromatic amines is 1. The Hall–Kier alpha value is -3.43. The molecule has 3 atom stereocenters. The molecule has 0 aliphatic heterocycles. The van der Waals surface area contributed by atoms with Crippen molar-refractivity contribution in [1.29, 1.82) is 0 Å². The van der Waals surface area contributed by atoms with Crippen molar-refractivity contribution in [2.24, 2.45) is 11.7 Å². The molecule has 1 heterocycles. The van der Waals surface area contributed by atoms with E-state index in [1.54, 1.807) is 24.3 Å². The lowest BCUT2D eigenvalue weighted by Gasteiger charge is -2.26. The Bertz CT molecular complexity index is 1090. The van der Waals surface area contributed by atoms with Crippen LogP contribution in [0.15, 0.2) is 24.3 Å². The molecule has 1 saturated carbocycles. The van der Waals surface area contributed by atoms with Crippen LogP contribution in [-0.2, 0) is 14.4 Å². The van der Waals surface area contributed by atoms with Crippen LogP contribution in [0.4, 0.5) is 4.39 Å². The molecule has 2 aromatic rings. The minimum Gasteiger partial charge on any atom is -0.496 e. The Labute approximate surface area is 197 Å². The lowest BCUT2D eigenvalue weighted by Crippen LogP contribution is -2.54. The van der Waals surface area contributed by atoms with Crippen molar-refractivity contribution >= 4 is 34.4 Å². The van der Waals surface area contributed by atoms with Gasteiger partial charge in [-0.3, -0.25) is 19.2 Å². The molecule has 1 aliphatic carbocycles. The number of carbonyl (C=O) groups excluding carboxylic acids is 4. The van der Waals surface area contributed by atoms with Gasteiger partial charge in [0, 0.05) is 29.7 Å². The summed E-state index contributed by atoms with van der Waals surface area (Å²) in [5, 5.41) is 5.74. The van der Waals surface area contributed by atoms with Gasteiger partial charge in [-0.05, 0) is 51.3 Å². The molecule has 34 heavy (non-hydrogen) atoms. The van der Waals surface area contributed by atoms with Gasteiger partial charge in [-0.15, -0.1) is 0 Å². The van der Waals surface area contributed by atoms with Crippen molar-refractivity contribution in [3.8, 4) is 5.75 Å². The van der Waals surface area contributed by atoms with Crippen LogP contribution < -0.4 is 21.1 Å². The highest BCUT2D eigenvalue weighted by Gasteiger charge is 2.34. The molecular formula is C24H31FN4O5. The van der Waals surface area contributed by atoms with E-state index < -0.39 is 35.5 Å². The maximum absolute atomic E-state index is 14.5. The summed E-state index contributed by atoms with van der Waals surface area (Å²) in [6.45, 7) is 2.58. The molecule has 10 heteroatoms. The number of aromatic nitrogens is 1. The quantitative estimate of drug-likeness (QED) is 0.417. The summed E-state index contributed by atoms with van der Waals surface area (Å²) in [5.41, 5.74) is 4.49. The SMILES string of the molecule is COc1cccc2[nH]c(C(=O)N[C@@H](CC(C)(C)F)C(=O)N[C@@H](C[C@@H]3CCCC3=O)C(N)=O)cc12. The summed E-state index contributed by atoms with van der Waals surface area (Å²) in [6.07, 6.45) is 1.55. The fraction of sp³-hybridized carbons (Fsp3) is 0.500. The zero-order valence-corrected chi connectivity index (χ0v) is 19.6. The summed E-state index contributed by atoms with van der Waals surface area (Å²) in [7, 11) is 1.51. The number of hydrogen-bond acceptors (Lipinski definition) is 5. The summed E-state index contributed by atoms with van der Waals surface area (Å²) in [6, 6.07) is 4.49. The smallest absolute Gasteiger partial charge is 0.268 e. The third kappa shape index (κ3) is 6.12. The zero-order chi connectivity index (χ0) is 25.0. The maximum atomic E-state index is 14.5. The topological polar surface area (TPSA) is 143 Å². The van der Waals surface area contributed by atoms with E-state index in [1.165, 1.54) is 21.0 Å². The van der Waals surface area contributed by atoms with Crippen molar-refractivity contribution < 1.29 is 28.3 Å². The highest BCUT2D eigenvalue weighted by Crippen LogP contribution is 2.27. The van der Waals surface area contributed by atoms with Gasteiger partial charge in [0.2, 0.25) is 11.8 Å². The van der Waals surface area contributed by atoms with Gasteiger partial charge in [0.05, 0.1) is 7.11 Å². The average molecular weight is 475 g/mol. The molecule has 1 fully saturated rings. The van der Waals surface area contributed by atoms with Gasteiger partial charge in [-0.1, -0.05) is 6.07 Å². The number of Topliss-reactive ketones (excluding diaryl/α,β-unsaturated/α-hetero) is 1. The number of nitrogens with two attached hydrogens (primary N) is 1. The highest BCUT2D eigenvalue weighted by atomic mass is 19.1. The number of primary amides is 1. The van der Waals surface area contributed by atoms with E-state index in [4.69, 9.17) is 10.5 Å². The Balaban J connectivity index is 1.77. The number of ether oxygens (including phenoxy) is 1. The number of H-pyrrole nitrogens is 1. The fourth-order valence-electron chi connectivity index (χ4n) is 4.30. The Morgan fingerprint density at radius 1 is 1.26 bits per heavy atom. The van der Waals surface area contributed by atoms with Crippen LogP contribution >= 0.6 is 0 Å². The molecule has 3 amide bonds. The Kier molecular flexibility index (Phi) is 7.58. The number of halogens is 1. The van der Waals surface area contributed by atoms with E-state index in [-0.39, 0.29) is 30.2 Å². The van der Waals surface area contributed by atoms with E-state index in [2.05, 4.69) is 15.6 Å². The molecule has 0 unspecified atom stereocenters. The predicted molar refractivity (Wildman–Crippen MR) is 124 cm³/mol. The predicted octanol–water partition coefficient (Wildman–Crippen LogP) is 2.14. The minimum atomic E-state index is -1.79. The maximum Gasteiger partial charge on any atom is 0.268 e. The molecular weight excluding hydrogens is 443 g/mol. The second kappa shape index (κ2) is 10.2. The van der Waals surface area contributed by atoms with E-state index in [0.717, 1.165) is 6.42 Å². The van der Waals surface area contributed by atoms with Crippen LogP contribution in [0.1, 0.15) is 56.4 Å². The number of methoxy groups -OCH3 is 1. The monoisotopic (exact) mass is 474 g/mol. The first-order chi connectivity index (χ1) is 16.0. The summed E-state index contributed by atoms with van der Waals surface area (Å²) < 4.78 is 19.8. The van der Waals surface area contributed by atoms with Gasteiger partial charge in [0.1, 0.15) is 35.0 Å². The first-order valence-corrected chi connectivity index (χ1v) is 11.3. The van der Waals surface area contributed by atoms with Crippen molar-refractivity contribution in [2.75, 3.05) is 7.11 Å². The first-order valence-electron chi connectivity index (χ1n) is 11.3. The molecule has 5 N–H and O–H groups in total. The van der Waals surface area contributed by atoms with E-state index in [0.29, 0.717) is 29.5 Å². The largest absolute Gasteiger partial charge is 0.496 e. The van der Waals surface area contributed by atoms with E-state index in [1.807, 2.05) is 0 Å². The van der Waals surface area contributed by atoms with Crippen LogP contribution in [0, 0.1) is 5.92 Å². The summed E-state index contributed by atoms with van der Waals surface area (Å²) in [5.74, 6) is -1.92. The number of rotatable bonds is 10. The lowest BCUT2D eigenvalue weighted by molar-refractivity contribution is -0.130. The van der Waals surface area contributed by atoms with Crippen molar-refractivity contribution in [3.63, 3.8) is 0 Å². The van der Waals surface area contributed by atoms with Crippen molar-refractivity contribution in [3.05, 3.63) is 30.0 Å². The standard InChI is InChI=1S/C24H31FN4O5/c1-24(2,25)12-18(23(33)28-16(21(26)31)10-13-6-4-8-19(13)30)29-22(32)17-11-14-15(27-17)7-5-9-20(14)34-3/h5,7,9,11,13,16,18,27H,4,6,8,10,12H2,1-3H3,(H2,26,31)(H,28,33)(H,29,32)/t13-,16-,18-/m0/s1. The van der Waals surface area contributed by atoms with Crippen molar-refractivity contribution in [1.82, 2.24) is 15.6 Å². The van der Waals surface area contributed by atoms with Crippen molar-refractivity contribution in [2.45, 2.75) is 63.7 Å². The summed E-state index contributed by atoms with van der Waals surface area (Å²) >= 11 is 0. The second-order valence-electron chi connectivity index (χ2n) is 9.31. The molecule has 9 nitrogen and oxygen atoms in total. The first kappa shape index (κ1) is 25.2. The molecule has 0 bridgehead atoms. The number of amides is 3. The average Bonchev–Trinajstić information content (AvgIpc) is 3.37. The number of alkyl halides is 1. The lowest BCUT2D eigenvalue weighted by atomic mass is 9.95. The Morgan fingerprint density at radius 2 is 2.00 bits per heavy atom. The zero-order valence-electron chi connectivity index (χ0n) is 19.6. The Morgan fingerprint density at radius 3 is 2.59 bits per heavy atom.